The number of rotatable bonds is 5. The Kier molecular flexibility index (Phi) is 4.89. The molecule has 0 heterocycles. The third kappa shape index (κ3) is 3.73. The molecule has 2 nitrogen and oxygen atoms in total. The summed E-state index contributed by atoms with van der Waals surface area (Å²) in [4.78, 5) is 13.2. The molecule has 0 amide bonds. The summed E-state index contributed by atoms with van der Waals surface area (Å²) in [6.45, 7) is 0.304. The van der Waals surface area contributed by atoms with Gasteiger partial charge in [0, 0.05) is 4.90 Å². The molecule has 0 N–H and O–H groups in total. The fourth-order valence-corrected chi connectivity index (χ4v) is 3.76. The van der Waals surface area contributed by atoms with Gasteiger partial charge in [0.05, 0.1) is 5.75 Å². The van der Waals surface area contributed by atoms with Crippen LogP contribution in [0.15, 0.2) is 89.8 Å². The van der Waals surface area contributed by atoms with E-state index in [4.69, 9.17) is 4.74 Å². The van der Waals surface area contributed by atoms with Gasteiger partial charge in [0.2, 0.25) is 0 Å². The molecule has 0 saturated heterocycles. The van der Waals surface area contributed by atoms with Crippen LogP contribution >= 0.6 is 11.8 Å². The lowest BCUT2D eigenvalue weighted by Gasteiger charge is -2.08. The standard InChI is InChI=1S/C23H18O2S/c24-23(16-26-21-13-12-17-6-1-2-8-19(17)14-21)25-15-20-10-5-9-18-7-3-4-11-22(18)20/h1-14H,15-16H2. The molecule has 0 radical (unpaired) electrons. The molecule has 0 unspecified atom stereocenters. The lowest BCUT2D eigenvalue weighted by molar-refractivity contribution is -0.141. The number of carbonyl (C=O) groups excluding carboxylic acids is 1. The largest absolute Gasteiger partial charge is 0.460 e. The van der Waals surface area contributed by atoms with Gasteiger partial charge < -0.3 is 4.74 Å². The molecule has 0 aliphatic rings. The summed E-state index contributed by atoms with van der Waals surface area (Å²) < 4.78 is 5.49. The number of thioether (sulfide) groups is 1. The summed E-state index contributed by atoms with van der Waals surface area (Å²) in [5.74, 6) is 0.111. The Bertz CT molecular complexity index is 1070. The Morgan fingerprint density at radius 1 is 0.769 bits per heavy atom. The third-order valence-electron chi connectivity index (χ3n) is 4.35. The van der Waals surface area contributed by atoms with Crippen LogP contribution in [-0.4, -0.2) is 11.7 Å². The van der Waals surface area contributed by atoms with Gasteiger partial charge in [0.25, 0.3) is 0 Å². The zero-order valence-electron chi connectivity index (χ0n) is 14.2. The molecular formula is C23H18O2S. The van der Waals surface area contributed by atoms with E-state index in [2.05, 4.69) is 42.5 Å². The third-order valence-corrected chi connectivity index (χ3v) is 5.31. The lowest BCUT2D eigenvalue weighted by Crippen LogP contribution is -2.07. The number of carbonyl (C=O) groups is 1. The van der Waals surface area contributed by atoms with E-state index in [-0.39, 0.29) is 5.97 Å². The maximum atomic E-state index is 12.1. The maximum Gasteiger partial charge on any atom is 0.316 e. The van der Waals surface area contributed by atoms with Gasteiger partial charge in [-0.3, -0.25) is 4.79 Å². The second kappa shape index (κ2) is 7.63. The highest BCUT2D eigenvalue weighted by Crippen LogP contribution is 2.24. The zero-order chi connectivity index (χ0) is 17.8. The summed E-state index contributed by atoms with van der Waals surface area (Å²) in [5, 5.41) is 4.67. The smallest absolute Gasteiger partial charge is 0.316 e. The Morgan fingerprint density at radius 3 is 2.38 bits per heavy atom. The van der Waals surface area contributed by atoms with Crippen LogP contribution in [0.25, 0.3) is 21.5 Å². The van der Waals surface area contributed by atoms with Crippen LogP contribution in [-0.2, 0) is 16.1 Å². The van der Waals surface area contributed by atoms with Gasteiger partial charge in [0.15, 0.2) is 0 Å². The number of hydrogen-bond donors (Lipinski definition) is 0. The van der Waals surface area contributed by atoms with E-state index in [1.807, 2.05) is 42.5 Å². The molecule has 0 fully saturated rings. The highest BCUT2D eigenvalue weighted by atomic mass is 32.2. The average molecular weight is 358 g/mol. The van der Waals surface area contributed by atoms with Crippen molar-refractivity contribution in [2.45, 2.75) is 11.5 Å². The predicted octanol–water partition coefficient (Wildman–Crippen LogP) is 5.83. The highest BCUT2D eigenvalue weighted by molar-refractivity contribution is 8.00. The maximum absolute atomic E-state index is 12.1. The van der Waals surface area contributed by atoms with Crippen LogP contribution < -0.4 is 0 Å². The van der Waals surface area contributed by atoms with Crippen molar-refractivity contribution in [3.05, 3.63) is 90.5 Å². The Hall–Kier alpha value is -2.78. The van der Waals surface area contributed by atoms with Gasteiger partial charge in [-0.15, -0.1) is 11.8 Å². The summed E-state index contributed by atoms with van der Waals surface area (Å²) in [6, 6.07) is 28.7. The fourth-order valence-electron chi connectivity index (χ4n) is 3.02. The van der Waals surface area contributed by atoms with Crippen molar-refractivity contribution >= 4 is 39.3 Å². The van der Waals surface area contributed by atoms with Crippen LogP contribution in [0.4, 0.5) is 0 Å². The Balaban J connectivity index is 1.37. The minimum atomic E-state index is -0.198. The van der Waals surface area contributed by atoms with Gasteiger partial charge in [-0.05, 0) is 39.2 Å². The molecule has 0 saturated carbocycles. The van der Waals surface area contributed by atoms with E-state index in [0.717, 1.165) is 21.2 Å². The monoisotopic (exact) mass is 358 g/mol. The van der Waals surface area contributed by atoms with E-state index in [0.29, 0.717) is 12.4 Å². The molecule has 128 valence electrons. The predicted molar refractivity (Wildman–Crippen MR) is 108 cm³/mol. The van der Waals surface area contributed by atoms with E-state index in [1.54, 1.807) is 0 Å². The average Bonchev–Trinajstić information content (AvgIpc) is 2.70. The first kappa shape index (κ1) is 16.7. The minimum absolute atomic E-state index is 0.198. The Morgan fingerprint density at radius 2 is 1.50 bits per heavy atom. The van der Waals surface area contributed by atoms with Crippen molar-refractivity contribution in [2.24, 2.45) is 0 Å². The number of benzene rings is 4. The summed E-state index contributed by atoms with van der Waals surface area (Å²) >= 11 is 1.51. The number of esters is 1. The first-order valence-corrected chi connectivity index (χ1v) is 9.52. The number of fused-ring (bicyclic) bond motifs is 2. The molecule has 0 atom stereocenters. The van der Waals surface area contributed by atoms with Crippen LogP contribution in [0.1, 0.15) is 5.56 Å². The SMILES string of the molecule is O=C(CSc1ccc2ccccc2c1)OCc1cccc2ccccc12. The summed E-state index contributed by atoms with van der Waals surface area (Å²) in [5.41, 5.74) is 1.03. The van der Waals surface area contributed by atoms with Crippen LogP contribution in [0.2, 0.25) is 0 Å². The quantitative estimate of drug-likeness (QED) is 0.332. The molecule has 4 aromatic rings. The van der Waals surface area contributed by atoms with Crippen LogP contribution in [0, 0.1) is 0 Å². The van der Waals surface area contributed by atoms with Crippen molar-refractivity contribution in [2.75, 3.05) is 5.75 Å². The second-order valence-electron chi connectivity index (χ2n) is 6.10. The molecule has 4 rings (SSSR count). The first-order valence-electron chi connectivity index (χ1n) is 8.53. The number of ether oxygens (including phenoxy) is 1. The summed E-state index contributed by atoms with van der Waals surface area (Å²) in [6.07, 6.45) is 0. The van der Waals surface area contributed by atoms with Gasteiger partial charge in [0.1, 0.15) is 6.61 Å². The van der Waals surface area contributed by atoms with E-state index in [1.165, 1.54) is 22.5 Å². The Labute approximate surface area is 156 Å². The van der Waals surface area contributed by atoms with Crippen molar-refractivity contribution in [1.29, 1.82) is 0 Å². The van der Waals surface area contributed by atoms with Gasteiger partial charge in [-0.2, -0.15) is 0 Å². The van der Waals surface area contributed by atoms with Crippen LogP contribution in [0.3, 0.4) is 0 Å². The molecule has 0 aromatic heterocycles. The number of hydrogen-bond acceptors (Lipinski definition) is 3. The summed E-state index contributed by atoms with van der Waals surface area (Å²) in [7, 11) is 0. The van der Waals surface area contributed by atoms with Crippen molar-refractivity contribution in [3.8, 4) is 0 Å². The molecule has 0 spiro atoms. The normalized spacial score (nSPS) is 10.9. The van der Waals surface area contributed by atoms with Gasteiger partial charge in [-0.1, -0.05) is 72.8 Å². The fraction of sp³-hybridized carbons (Fsp3) is 0.0870. The molecule has 3 heteroatoms. The molecular weight excluding hydrogens is 340 g/mol. The lowest BCUT2D eigenvalue weighted by atomic mass is 10.1. The van der Waals surface area contributed by atoms with Crippen LogP contribution in [0.5, 0.6) is 0 Å². The molecule has 0 aliphatic heterocycles. The minimum Gasteiger partial charge on any atom is -0.460 e. The highest BCUT2D eigenvalue weighted by Gasteiger charge is 2.07. The topological polar surface area (TPSA) is 26.3 Å². The van der Waals surface area contributed by atoms with Crippen molar-refractivity contribution < 1.29 is 9.53 Å². The second-order valence-corrected chi connectivity index (χ2v) is 7.15. The van der Waals surface area contributed by atoms with E-state index >= 15 is 0 Å². The molecule has 4 aromatic carbocycles. The molecule has 26 heavy (non-hydrogen) atoms. The molecule has 0 aliphatic carbocycles. The van der Waals surface area contributed by atoms with E-state index < -0.39 is 0 Å². The first-order chi connectivity index (χ1) is 12.8. The van der Waals surface area contributed by atoms with Crippen molar-refractivity contribution in [3.63, 3.8) is 0 Å². The zero-order valence-corrected chi connectivity index (χ0v) is 15.0. The molecule has 0 bridgehead atoms. The van der Waals surface area contributed by atoms with E-state index in [9.17, 15) is 4.79 Å². The van der Waals surface area contributed by atoms with Gasteiger partial charge >= 0.3 is 5.97 Å². The van der Waals surface area contributed by atoms with Crippen molar-refractivity contribution in [1.82, 2.24) is 0 Å². The van der Waals surface area contributed by atoms with Gasteiger partial charge in [-0.25, -0.2) is 0 Å².